The van der Waals surface area contributed by atoms with Crippen molar-refractivity contribution in [3.8, 4) is 0 Å². The van der Waals surface area contributed by atoms with Crippen LogP contribution in [0.2, 0.25) is 5.02 Å². The van der Waals surface area contributed by atoms with Crippen molar-refractivity contribution in [2.24, 2.45) is 0 Å². The Morgan fingerprint density at radius 1 is 1.67 bits per heavy atom. The Morgan fingerprint density at radius 2 is 2.33 bits per heavy atom. The van der Waals surface area contributed by atoms with Crippen molar-refractivity contribution >= 4 is 39.1 Å². The third-order valence-electron chi connectivity index (χ3n) is 1.15. The smallest absolute Gasteiger partial charge is 0.221 e. The lowest BCUT2D eigenvalue weighted by Crippen LogP contribution is -2.06. The molecule has 0 bridgehead atoms. The van der Waals surface area contributed by atoms with Crippen LogP contribution in [-0.2, 0) is 4.79 Å². The van der Waals surface area contributed by atoms with Gasteiger partial charge in [-0.3, -0.25) is 9.78 Å². The first-order valence-corrected chi connectivity index (χ1v) is 4.35. The van der Waals surface area contributed by atoms with Crippen LogP contribution in [0.3, 0.4) is 0 Å². The fourth-order valence-corrected chi connectivity index (χ4v) is 1.17. The van der Waals surface area contributed by atoms with Crippen LogP contribution in [0.15, 0.2) is 16.9 Å². The first-order valence-electron chi connectivity index (χ1n) is 3.18. The largest absolute Gasteiger partial charge is 0.324 e. The molecule has 1 aromatic heterocycles. The molecular formula is C7H6BrClN2O. The molecule has 1 rings (SSSR count). The van der Waals surface area contributed by atoms with Gasteiger partial charge in [0.05, 0.1) is 21.4 Å². The van der Waals surface area contributed by atoms with Crippen LogP contribution in [0.5, 0.6) is 0 Å². The third kappa shape index (κ3) is 2.19. The summed E-state index contributed by atoms with van der Waals surface area (Å²) in [5, 5.41) is 3.01. The highest BCUT2D eigenvalue weighted by Gasteiger charge is 2.04. The minimum atomic E-state index is -0.170. The van der Waals surface area contributed by atoms with Gasteiger partial charge in [-0.1, -0.05) is 11.6 Å². The highest BCUT2D eigenvalue weighted by Crippen LogP contribution is 2.28. The van der Waals surface area contributed by atoms with Crippen molar-refractivity contribution in [3.63, 3.8) is 0 Å². The second-order valence-electron chi connectivity index (χ2n) is 2.16. The number of nitrogens with zero attached hydrogens (tertiary/aromatic N) is 1. The fourth-order valence-electron chi connectivity index (χ4n) is 0.696. The van der Waals surface area contributed by atoms with Gasteiger partial charge in [0.15, 0.2) is 0 Å². The van der Waals surface area contributed by atoms with Gasteiger partial charge in [0.25, 0.3) is 0 Å². The number of hydrogen-bond donors (Lipinski definition) is 1. The summed E-state index contributed by atoms with van der Waals surface area (Å²) < 4.78 is 0.662. The molecule has 0 unspecified atom stereocenters. The summed E-state index contributed by atoms with van der Waals surface area (Å²) in [6.45, 7) is 1.41. The number of halogens is 2. The topological polar surface area (TPSA) is 42.0 Å². The van der Waals surface area contributed by atoms with Gasteiger partial charge in [-0.2, -0.15) is 0 Å². The van der Waals surface area contributed by atoms with Gasteiger partial charge in [0, 0.05) is 13.1 Å². The second kappa shape index (κ2) is 3.87. The number of nitrogens with one attached hydrogen (secondary N) is 1. The molecule has 5 heteroatoms. The Balaban J connectivity index is 3.00. The van der Waals surface area contributed by atoms with Gasteiger partial charge < -0.3 is 5.32 Å². The first kappa shape index (κ1) is 9.48. The quantitative estimate of drug-likeness (QED) is 0.831. The monoisotopic (exact) mass is 248 g/mol. The van der Waals surface area contributed by atoms with Crippen LogP contribution in [0.4, 0.5) is 5.69 Å². The van der Waals surface area contributed by atoms with Crippen LogP contribution in [-0.4, -0.2) is 10.9 Å². The summed E-state index contributed by atoms with van der Waals surface area (Å²) in [7, 11) is 0. The lowest BCUT2D eigenvalue weighted by atomic mass is 10.4. The molecule has 0 radical (unpaired) electrons. The van der Waals surface area contributed by atoms with Gasteiger partial charge in [0.1, 0.15) is 0 Å². The molecule has 1 heterocycles. The van der Waals surface area contributed by atoms with Crippen molar-refractivity contribution in [2.75, 3.05) is 5.32 Å². The maximum absolute atomic E-state index is 10.7. The van der Waals surface area contributed by atoms with E-state index in [4.69, 9.17) is 11.6 Å². The zero-order valence-corrected chi connectivity index (χ0v) is 8.61. The normalized spacial score (nSPS) is 9.58. The molecular weight excluding hydrogens is 243 g/mol. The van der Waals surface area contributed by atoms with Crippen LogP contribution in [0, 0.1) is 0 Å². The highest BCUT2D eigenvalue weighted by atomic mass is 79.9. The number of anilines is 1. The average Bonchev–Trinajstić information content (AvgIpc) is 1.98. The van der Waals surface area contributed by atoms with E-state index in [1.807, 2.05) is 0 Å². The summed E-state index contributed by atoms with van der Waals surface area (Å²) in [6.07, 6.45) is 3.06. The highest BCUT2D eigenvalue weighted by molar-refractivity contribution is 9.10. The molecule has 0 spiro atoms. The van der Waals surface area contributed by atoms with E-state index in [1.165, 1.54) is 13.1 Å². The Kier molecular flexibility index (Phi) is 3.05. The van der Waals surface area contributed by atoms with Crippen molar-refractivity contribution in [1.29, 1.82) is 0 Å². The van der Waals surface area contributed by atoms with E-state index < -0.39 is 0 Å². The van der Waals surface area contributed by atoms with Crippen LogP contribution in [0.1, 0.15) is 6.92 Å². The maximum atomic E-state index is 10.7. The van der Waals surface area contributed by atoms with E-state index in [2.05, 4.69) is 26.2 Å². The van der Waals surface area contributed by atoms with Crippen LogP contribution >= 0.6 is 27.5 Å². The van der Waals surface area contributed by atoms with E-state index in [0.29, 0.717) is 15.2 Å². The minimum absolute atomic E-state index is 0.170. The lowest BCUT2D eigenvalue weighted by molar-refractivity contribution is -0.114. The summed E-state index contributed by atoms with van der Waals surface area (Å²) in [4.78, 5) is 14.5. The summed E-state index contributed by atoms with van der Waals surface area (Å²) in [5.41, 5.74) is 0.513. The first-order chi connectivity index (χ1) is 5.61. The molecule has 0 aliphatic rings. The lowest BCUT2D eigenvalue weighted by Gasteiger charge is -2.04. The number of pyridine rings is 1. The van der Waals surface area contributed by atoms with E-state index in [-0.39, 0.29) is 5.91 Å². The van der Waals surface area contributed by atoms with E-state index in [1.54, 1.807) is 6.20 Å². The molecule has 1 amide bonds. The van der Waals surface area contributed by atoms with E-state index in [9.17, 15) is 4.79 Å². The molecule has 0 atom stereocenters. The molecule has 1 aromatic rings. The molecule has 0 saturated heterocycles. The van der Waals surface area contributed by atoms with Crippen molar-refractivity contribution < 1.29 is 4.79 Å². The van der Waals surface area contributed by atoms with Crippen molar-refractivity contribution in [3.05, 3.63) is 21.9 Å². The van der Waals surface area contributed by atoms with Gasteiger partial charge in [-0.15, -0.1) is 0 Å². The zero-order chi connectivity index (χ0) is 9.14. The Bertz CT molecular complexity index is 316. The Hall–Kier alpha value is -0.610. The Morgan fingerprint density at radius 3 is 2.92 bits per heavy atom. The molecule has 12 heavy (non-hydrogen) atoms. The van der Waals surface area contributed by atoms with Gasteiger partial charge in [-0.25, -0.2) is 0 Å². The van der Waals surface area contributed by atoms with Crippen molar-refractivity contribution in [2.45, 2.75) is 6.92 Å². The van der Waals surface area contributed by atoms with E-state index in [0.717, 1.165) is 0 Å². The minimum Gasteiger partial charge on any atom is -0.324 e. The van der Waals surface area contributed by atoms with Crippen molar-refractivity contribution in [1.82, 2.24) is 4.98 Å². The maximum Gasteiger partial charge on any atom is 0.221 e. The standard InChI is InChI=1S/C7H6BrClN2O/c1-4(12)11-6-3-10-2-5(8)7(6)9/h2-3H,1H3,(H,11,12). The molecule has 0 fully saturated rings. The summed E-state index contributed by atoms with van der Waals surface area (Å²) in [5.74, 6) is -0.170. The predicted molar refractivity (Wildman–Crippen MR) is 51.3 cm³/mol. The summed E-state index contributed by atoms with van der Waals surface area (Å²) >= 11 is 9.03. The van der Waals surface area contributed by atoms with Gasteiger partial charge in [-0.05, 0) is 15.9 Å². The fraction of sp³-hybridized carbons (Fsp3) is 0.143. The molecule has 0 aromatic carbocycles. The second-order valence-corrected chi connectivity index (χ2v) is 3.40. The number of rotatable bonds is 1. The molecule has 0 saturated carbocycles. The number of amides is 1. The van der Waals surface area contributed by atoms with E-state index >= 15 is 0 Å². The molecule has 0 aliphatic carbocycles. The number of aromatic nitrogens is 1. The van der Waals surface area contributed by atoms with Crippen LogP contribution < -0.4 is 5.32 Å². The average molecular weight is 249 g/mol. The zero-order valence-electron chi connectivity index (χ0n) is 6.27. The molecule has 0 aliphatic heterocycles. The van der Waals surface area contributed by atoms with Crippen LogP contribution in [0.25, 0.3) is 0 Å². The SMILES string of the molecule is CC(=O)Nc1cncc(Br)c1Cl. The van der Waals surface area contributed by atoms with Gasteiger partial charge >= 0.3 is 0 Å². The molecule has 1 N–H and O–H groups in total. The molecule has 64 valence electrons. The third-order valence-corrected chi connectivity index (χ3v) is 2.39. The summed E-state index contributed by atoms with van der Waals surface area (Å²) in [6, 6.07) is 0. The molecule has 3 nitrogen and oxygen atoms in total. The number of carbonyl (C=O) groups is 1. The Labute approximate surface area is 83.3 Å². The number of hydrogen-bond acceptors (Lipinski definition) is 2. The number of carbonyl (C=O) groups excluding carboxylic acids is 1. The van der Waals surface area contributed by atoms with Gasteiger partial charge in [0.2, 0.25) is 5.91 Å². The predicted octanol–water partition coefficient (Wildman–Crippen LogP) is 2.46.